The second kappa shape index (κ2) is 4.55. The van der Waals surface area contributed by atoms with Crippen LogP contribution in [0.5, 0.6) is 0 Å². The van der Waals surface area contributed by atoms with E-state index in [0.29, 0.717) is 0 Å². The van der Waals surface area contributed by atoms with Gasteiger partial charge in [0, 0.05) is 26.2 Å². The minimum Gasteiger partial charge on any atom is -0.306 e. The summed E-state index contributed by atoms with van der Waals surface area (Å²) in [6, 6.07) is 0. The molecule has 3 fully saturated rings. The Hall–Kier alpha value is -0.0800. The Morgan fingerprint density at radius 1 is 1.12 bits per heavy atom. The van der Waals surface area contributed by atoms with Gasteiger partial charge in [0.1, 0.15) is 0 Å². The van der Waals surface area contributed by atoms with E-state index in [1.807, 2.05) is 0 Å². The molecule has 2 nitrogen and oxygen atoms in total. The Balaban J connectivity index is 1.42. The second-order valence-corrected chi connectivity index (χ2v) is 7.27. The van der Waals surface area contributed by atoms with Crippen LogP contribution in [0.3, 0.4) is 0 Å². The van der Waals surface area contributed by atoms with Crippen LogP contribution >= 0.6 is 0 Å². The highest BCUT2D eigenvalue weighted by atomic mass is 15.2. The van der Waals surface area contributed by atoms with Crippen molar-refractivity contribution in [1.82, 2.24) is 9.80 Å². The fourth-order valence-electron chi connectivity index (χ4n) is 4.26. The van der Waals surface area contributed by atoms with Crippen LogP contribution in [0.25, 0.3) is 0 Å². The van der Waals surface area contributed by atoms with E-state index in [1.54, 1.807) is 0 Å². The first-order chi connectivity index (χ1) is 8.15. The molecule has 17 heavy (non-hydrogen) atoms. The van der Waals surface area contributed by atoms with Gasteiger partial charge in [-0.05, 0) is 50.1 Å². The van der Waals surface area contributed by atoms with Gasteiger partial charge in [-0.15, -0.1) is 0 Å². The highest BCUT2D eigenvalue weighted by molar-refractivity contribution is 4.98. The molecular formula is C15H28N2. The topological polar surface area (TPSA) is 6.48 Å². The largest absolute Gasteiger partial charge is 0.306 e. The predicted molar refractivity (Wildman–Crippen MR) is 72.1 cm³/mol. The van der Waals surface area contributed by atoms with Gasteiger partial charge in [0.2, 0.25) is 0 Å². The zero-order valence-corrected chi connectivity index (χ0v) is 11.6. The lowest BCUT2D eigenvalue weighted by atomic mass is 9.66. The second-order valence-electron chi connectivity index (χ2n) is 7.27. The molecule has 0 amide bonds. The number of rotatable bonds is 2. The monoisotopic (exact) mass is 236 g/mol. The first-order valence-electron chi connectivity index (χ1n) is 7.56. The molecule has 2 heteroatoms. The molecular weight excluding hydrogens is 208 g/mol. The molecule has 0 aromatic heterocycles. The van der Waals surface area contributed by atoms with E-state index in [4.69, 9.17) is 0 Å². The Kier molecular flexibility index (Phi) is 3.20. The number of hydrogen-bond acceptors (Lipinski definition) is 2. The molecule has 1 spiro atoms. The van der Waals surface area contributed by atoms with Gasteiger partial charge in [-0.3, -0.25) is 0 Å². The summed E-state index contributed by atoms with van der Waals surface area (Å²) in [4.78, 5) is 5.22. The lowest BCUT2D eigenvalue weighted by Crippen LogP contribution is -2.58. The van der Waals surface area contributed by atoms with Crippen LogP contribution in [0.1, 0.15) is 39.0 Å². The van der Waals surface area contributed by atoms with Gasteiger partial charge < -0.3 is 9.80 Å². The van der Waals surface area contributed by atoms with Crippen molar-refractivity contribution in [2.45, 2.75) is 39.0 Å². The lowest BCUT2D eigenvalue weighted by Gasteiger charge is -2.54. The van der Waals surface area contributed by atoms with E-state index < -0.39 is 0 Å². The molecule has 1 unspecified atom stereocenters. The molecule has 0 N–H and O–H groups in total. The summed E-state index contributed by atoms with van der Waals surface area (Å²) >= 11 is 0. The Bertz CT molecular complexity index is 260. The molecule has 2 saturated heterocycles. The van der Waals surface area contributed by atoms with Crippen LogP contribution in [0, 0.1) is 17.3 Å². The number of nitrogens with zero attached hydrogens (tertiary/aromatic N) is 2. The third kappa shape index (κ3) is 2.53. The van der Waals surface area contributed by atoms with Crippen LogP contribution in [-0.4, -0.2) is 49.6 Å². The maximum atomic E-state index is 2.74. The SMILES string of the molecule is CC1CCC2(CC1)CN(CC1CCN(C)C1)C2. The van der Waals surface area contributed by atoms with Crippen molar-refractivity contribution in [3.63, 3.8) is 0 Å². The summed E-state index contributed by atoms with van der Waals surface area (Å²) in [5.41, 5.74) is 0.761. The Morgan fingerprint density at radius 3 is 2.41 bits per heavy atom. The summed E-state index contributed by atoms with van der Waals surface area (Å²) in [5.74, 6) is 1.96. The van der Waals surface area contributed by atoms with Gasteiger partial charge in [0.05, 0.1) is 0 Å². The van der Waals surface area contributed by atoms with Gasteiger partial charge in [0.25, 0.3) is 0 Å². The maximum Gasteiger partial charge on any atom is 0.00506 e. The lowest BCUT2D eigenvalue weighted by molar-refractivity contribution is -0.0432. The van der Waals surface area contributed by atoms with Crippen molar-refractivity contribution in [2.75, 3.05) is 39.8 Å². The van der Waals surface area contributed by atoms with Crippen LogP contribution in [0.2, 0.25) is 0 Å². The fourth-order valence-corrected chi connectivity index (χ4v) is 4.26. The third-order valence-electron chi connectivity index (χ3n) is 5.46. The summed E-state index contributed by atoms with van der Waals surface area (Å²) in [7, 11) is 2.26. The zero-order chi connectivity index (χ0) is 11.9. The van der Waals surface area contributed by atoms with Crippen molar-refractivity contribution in [3.05, 3.63) is 0 Å². The Labute approximate surface area is 106 Å². The average molecular weight is 236 g/mol. The van der Waals surface area contributed by atoms with E-state index in [0.717, 1.165) is 17.3 Å². The smallest absolute Gasteiger partial charge is 0.00506 e. The summed E-state index contributed by atoms with van der Waals surface area (Å²) < 4.78 is 0. The van der Waals surface area contributed by atoms with Gasteiger partial charge in [0.15, 0.2) is 0 Å². The van der Waals surface area contributed by atoms with Crippen LogP contribution in [0.15, 0.2) is 0 Å². The summed E-state index contributed by atoms with van der Waals surface area (Å²) in [6.45, 7) is 9.29. The number of likely N-dealkylation sites (tertiary alicyclic amines) is 2. The first-order valence-corrected chi connectivity index (χ1v) is 7.56. The molecule has 2 heterocycles. The van der Waals surface area contributed by atoms with Gasteiger partial charge in [-0.1, -0.05) is 19.8 Å². The standard InChI is InChI=1S/C15H28N2/c1-13-3-6-15(7-4-13)11-17(12-15)10-14-5-8-16(2)9-14/h13-14H,3-12H2,1-2H3. The molecule has 0 aromatic carbocycles. The predicted octanol–water partition coefficient (Wildman–Crippen LogP) is 2.45. The molecule has 3 rings (SSSR count). The zero-order valence-electron chi connectivity index (χ0n) is 11.6. The van der Waals surface area contributed by atoms with Crippen LogP contribution in [0.4, 0.5) is 0 Å². The highest BCUT2D eigenvalue weighted by Gasteiger charge is 2.44. The summed E-state index contributed by atoms with van der Waals surface area (Å²) in [5, 5.41) is 0. The van der Waals surface area contributed by atoms with Crippen LogP contribution < -0.4 is 0 Å². The van der Waals surface area contributed by atoms with Crippen molar-refractivity contribution in [1.29, 1.82) is 0 Å². The minimum atomic E-state index is 0.761. The van der Waals surface area contributed by atoms with E-state index in [-0.39, 0.29) is 0 Å². The molecule has 3 aliphatic rings. The van der Waals surface area contributed by atoms with Gasteiger partial charge in [-0.25, -0.2) is 0 Å². The van der Waals surface area contributed by atoms with E-state index in [2.05, 4.69) is 23.8 Å². The normalized spacial score (nSPS) is 35.3. The molecule has 0 aromatic rings. The van der Waals surface area contributed by atoms with Crippen molar-refractivity contribution in [3.8, 4) is 0 Å². The molecule has 0 radical (unpaired) electrons. The van der Waals surface area contributed by atoms with Crippen molar-refractivity contribution >= 4 is 0 Å². The van der Waals surface area contributed by atoms with Crippen molar-refractivity contribution in [2.24, 2.45) is 17.3 Å². The molecule has 2 aliphatic heterocycles. The van der Waals surface area contributed by atoms with Gasteiger partial charge >= 0.3 is 0 Å². The summed E-state index contributed by atoms with van der Waals surface area (Å²) in [6.07, 6.45) is 7.42. The quantitative estimate of drug-likeness (QED) is 0.726. The Morgan fingerprint density at radius 2 is 1.82 bits per heavy atom. The van der Waals surface area contributed by atoms with Gasteiger partial charge in [-0.2, -0.15) is 0 Å². The first kappa shape index (κ1) is 12.0. The van der Waals surface area contributed by atoms with Crippen molar-refractivity contribution < 1.29 is 0 Å². The molecule has 1 saturated carbocycles. The molecule has 1 atom stereocenters. The minimum absolute atomic E-state index is 0.761. The van der Waals surface area contributed by atoms with E-state index in [9.17, 15) is 0 Å². The van der Waals surface area contributed by atoms with E-state index >= 15 is 0 Å². The van der Waals surface area contributed by atoms with Crippen LogP contribution in [-0.2, 0) is 0 Å². The molecule has 1 aliphatic carbocycles. The van der Waals surface area contributed by atoms with E-state index in [1.165, 1.54) is 64.8 Å². The molecule has 98 valence electrons. The fraction of sp³-hybridized carbons (Fsp3) is 1.00. The third-order valence-corrected chi connectivity index (χ3v) is 5.46. The maximum absolute atomic E-state index is 2.74. The average Bonchev–Trinajstić information content (AvgIpc) is 2.65. The molecule has 0 bridgehead atoms. The highest BCUT2D eigenvalue weighted by Crippen LogP contribution is 2.45. The number of hydrogen-bond donors (Lipinski definition) is 0.